The molecule has 1 fully saturated rings. The van der Waals surface area contributed by atoms with Gasteiger partial charge in [0, 0.05) is 43.9 Å². The Morgan fingerprint density at radius 1 is 1.16 bits per heavy atom. The van der Waals surface area contributed by atoms with Crippen molar-refractivity contribution < 1.29 is 9.53 Å². The van der Waals surface area contributed by atoms with Crippen LogP contribution in [0.2, 0.25) is 5.02 Å². The summed E-state index contributed by atoms with van der Waals surface area (Å²) < 4.78 is 5.18. The highest BCUT2D eigenvalue weighted by molar-refractivity contribution is 14.0. The molecule has 1 aliphatic rings. The Hall–Kier alpha value is -2.20. The lowest BCUT2D eigenvalue weighted by Gasteiger charge is -2.17. The van der Waals surface area contributed by atoms with Crippen LogP contribution < -0.4 is 20.7 Å². The molecule has 2 amide bonds. The van der Waals surface area contributed by atoms with Gasteiger partial charge in [0.1, 0.15) is 5.75 Å². The number of nitrogens with zero attached hydrogens (tertiary/aromatic N) is 2. The minimum absolute atomic E-state index is 0. The third-order valence-electron chi connectivity index (χ3n) is 5.20. The molecule has 0 radical (unpaired) electrons. The van der Waals surface area contributed by atoms with Gasteiger partial charge in [-0.05, 0) is 54.7 Å². The van der Waals surface area contributed by atoms with Gasteiger partial charge in [0.05, 0.1) is 7.11 Å². The van der Waals surface area contributed by atoms with Gasteiger partial charge in [-0.25, -0.2) is 4.79 Å². The summed E-state index contributed by atoms with van der Waals surface area (Å²) in [6.45, 7) is 2.95. The van der Waals surface area contributed by atoms with E-state index in [9.17, 15) is 4.79 Å². The molecule has 1 aliphatic heterocycles. The molecule has 0 unspecified atom stereocenters. The number of anilines is 1. The number of likely N-dealkylation sites (tertiary alicyclic amines) is 1. The van der Waals surface area contributed by atoms with E-state index in [-0.39, 0.29) is 30.0 Å². The number of nitrogens with one attached hydrogen (secondary N) is 3. The predicted molar refractivity (Wildman–Crippen MR) is 142 cm³/mol. The highest BCUT2D eigenvalue weighted by Gasteiger charge is 2.17. The molecular weight excluding hydrogens is 541 g/mol. The van der Waals surface area contributed by atoms with Crippen LogP contribution in [0.5, 0.6) is 5.75 Å². The number of amides is 2. The number of urea groups is 1. The van der Waals surface area contributed by atoms with Crippen LogP contribution in [0.15, 0.2) is 47.5 Å². The van der Waals surface area contributed by atoms with Crippen molar-refractivity contribution in [1.29, 1.82) is 0 Å². The van der Waals surface area contributed by atoms with E-state index in [4.69, 9.17) is 16.3 Å². The molecule has 0 spiro atoms. The number of methoxy groups -OCH3 is 1. The van der Waals surface area contributed by atoms with Gasteiger partial charge in [-0.2, -0.15) is 0 Å². The zero-order valence-corrected chi connectivity index (χ0v) is 21.6. The van der Waals surface area contributed by atoms with Crippen molar-refractivity contribution in [2.24, 2.45) is 4.99 Å². The lowest BCUT2D eigenvalue weighted by Crippen LogP contribution is -2.37. The van der Waals surface area contributed by atoms with E-state index in [1.807, 2.05) is 47.4 Å². The van der Waals surface area contributed by atoms with Gasteiger partial charge in [0.25, 0.3) is 0 Å². The van der Waals surface area contributed by atoms with Crippen LogP contribution >= 0.6 is 35.6 Å². The van der Waals surface area contributed by atoms with Crippen LogP contribution in [0, 0.1) is 0 Å². The van der Waals surface area contributed by atoms with Crippen molar-refractivity contribution in [3.63, 3.8) is 0 Å². The molecule has 174 valence electrons. The Morgan fingerprint density at radius 2 is 1.94 bits per heavy atom. The third-order valence-corrected chi connectivity index (χ3v) is 5.55. The molecule has 0 aromatic heterocycles. The molecule has 9 heteroatoms. The molecule has 2 aromatic carbocycles. The van der Waals surface area contributed by atoms with E-state index in [0.29, 0.717) is 24.1 Å². The fraction of sp³-hybridized carbons (Fsp3) is 0.391. The molecule has 0 bridgehead atoms. The van der Waals surface area contributed by atoms with Crippen molar-refractivity contribution in [2.75, 3.05) is 39.1 Å². The van der Waals surface area contributed by atoms with Crippen LogP contribution in [-0.4, -0.2) is 50.7 Å². The number of benzene rings is 2. The monoisotopic (exact) mass is 571 g/mol. The van der Waals surface area contributed by atoms with Gasteiger partial charge >= 0.3 is 6.03 Å². The second-order valence-electron chi connectivity index (χ2n) is 7.38. The Labute approximate surface area is 212 Å². The van der Waals surface area contributed by atoms with Gasteiger partial charge in [0.2, 0.25) is 0 Å². The molecule has 1 saturated heterocycles. The summed E-state index contributed by atoms with van der Waals surface area (Å²) in [7, 11) is 3.36. The lowest BCUT2D eigenvalue weighted by molar-refractivity contribution is 0.222. The van der Waals surface area contributed by atoms with Crippen LogP contribution in [-0.2, 0) is 13.0 Å². The minimum atomic E-state index is -0.0303. The van der Waals surface area contributed by atoms with Gasteiger partial charge in [-0.1, -0.05) is 29.8 Å². The predicted octanol–water partition coefficient (Wildman–Crippen LogP) is 4.50. The van der Waals surface area contributed by atoms with Crippen LogP contribution in [0.4, 0.5) is 10.5 Å². The SMILES string of the molecule is CN=C(NCCc1ccc(OC)cc1Cl)NCc1cccc(NC(=O)N2CCCC2)c1.I. The van der Waals surface area contributed by atoms with E-state index in [2.05, 4.69) is 20.9 Å². The average molecular weight is 572 g/mol. The molecule has 2 aromatic rings. The maximum Gasteiger partial charge on any atom is 0.321 e. The number of hydrogen-bond acceptors (Lipinski definition) is 3. The fourth-order valence-electron chi connectivity index (χ4n) is 3.46. The van der Waals surface area contributed by atoms with Crippen molar-refractivity contribution >= 4 is 53.3 Å². The number of rotatable bonds is 7. The maximum atomic E-state index is 12.3. The second-order valence-corrected chi connectivity index (χ2v) is 7.79. The summed E-state index contributed by atoms with van der Waals surface area (Å²) >= 11 is 6.30. The van der Waals surface area contributed by atoms with E-state index < -0.39 is 0 Å². The van der Waals surface area contributed by atoms with Crippen LogP contribution in [0.25, 0.3) is 0 Å². The first-order chi connectivity index (χ1) is 15.1. The van der Waals surface area contributed by atoms with E-state index in [0.717, 1.165) is 54.9 Å². The fourth-order valence-corrected chi connectivity index (χ4v) is 3.73. The summed E-state index contributed by atoms with van der Waals surface area (Å²) in [4.78, 5) is 18.4. The smallest absolute Gasteiger partial charge is 0.321 e. The van der Waals surface area contributed by atoms with Crippen molar-refractivity contribution in [1.82, 2.24) is 15.5 Å². The number of halogens is 2. The molecule has 7 nitrogen and oxygen atoms in total. The first-order valence-corrected chi connectivity index (χ1v) is 10.9. The normalized spacial score (nSPS) is 13.3. The Balaban J connectivity index is 0.00000363. The molecule has 0 saturated carbocycles. The summed E-state index contributed by atoms with van der Waals surface area (Å²) in [5.74, 6) is 1.45. The summed E-state index contributed by atoms with van der Waals surface area (Å²) in [6.07, 6.45) is 2.92. The van der Waals surface area contributed by atoms with Crippen molar-refractivity contribution in [3.8, 4) is 5.75 Å². The molecule has 3 rings (SSSR count). The molecule has 32 heavy (non-hydrogen) atoms. The third kappa shape index (κ3) is 7.74. The molecule has 0 aliphatic carbocycles. The average Bonchev–Trinajstić information content (AvgIpc) is 3.32. The Morgan fingerprint density at radius 3 is 2.62 bits per heavy atom. The van der Waals surface area contributed by atoms with Gasteiger partial charge < -0.3 is 25.6 Å². The van der Waals surface area contributed by atoms with Gasteiger partial charge in [-0.3, -0.25) is 4.99 Å². The quantitative estimate of drug-likeness (QED) is 0.260. The molecule has 1 heterocycles. The second kappa shape index (κ2) is 13.4. The lowest BCUT2D eigenvalue weighted by atomic mass is 10.1. The van der Waals surface area contributed by atoms with Crippen molar-refractivity contribution in [2.45, 2.75) is 25.8 Å². The number of ether oxygens (including phenoxy) is 1. The highest BCUT2D eigenvalue weighted by atomic mass is 127. The zero-order chi connectivity index (χ0) is 22.1. The van der Waals surface area contributed by atoms with Crippen molar-refractivity contribution in [3.05, 3.63) is 58.6 Å². The minimum Gasteiger partial charge on any atom is -0.497 e. The summed E-state index contributed by atoms with van der Waals surface area (Å²) in [5, 5.41) is 10.3. The number of guanidine groups is 1. The standard InChI is InChI=1S/C23H30ClN5O2.HI/c1-25-22(26-11-10-18-8-9-20(31-2)15-21(18)24)27-16-17-6-5-7-19(14-17)28-23(30)29-12-3-4-13-29;/h5-9,14-15H,3-4,10-13,16H2,1-2H3,(H,28,30)(H2,25,26,27);1H. The highest BCUT2D eigenvalue weighted by Crippen LogP contribution is 2.22. The molecular formula is C23H31ClIN5O2. The Kier molecular flexibility index (Phi) is 10.9. The van der Waals surface area contributed by atoms with Gasteiger partial charge in [-0.15, -0.1) is 24.0 Å². The molecule has 0 atom stereocenters. The summed E-state index contributed by atoms with van der Waals surface area (Å²) in [6, 6.07) is 13.5. The number of carbonyl (C=O) groups is 1. The zero-order valence-electron chi connectivity index (χ0n) is 18.5. The first-order valence-electron chi connectivity index (χ1n) is 10.5. The Bertz CT molecular complexity index is 919. The van der Waals surface area contributed by atoms with E-state index >= 15 is 0 Å². The topological polar surface area (TPSA) is 78.0 Å². The summed E-state index contributed by atoms with van der Waals surface area (Å²) in [5.41, 5.74) is 2.90. The maximum absolute atomic E-state index is 12.3. The van der Waals surface area contributed by atoms with Crippen LogP contribution in [0.1, 0.15) is 24.0 Å². The molecule has 3 N–H and O–H groups in total. The van der Waals surface area contributed by atoms with Gasteiger partial charge in [0.15, 0.2) is 5.96 Å². The number of aliphatic imine (C=N–C) groups is 1. The van der Waals surface area contributed by atoms with E-state index in [1.54, 1.807) is 14.2 Å². The van der Waals surface area contributed by atoms with E-state index in [1.165, 1.54) is 0 Å². The largest absolute Gasteiger partial charge is 0.497 e. The van der Waals surface area contributed by atoms with Crippen LogP contribution in [0.3, 0.4) is 0 Å². The number of hydrogen-bond donors (Lipinski definition) is 3. The first kappa shape index (κ1) is 26.1. The number of carbonyl (C=O) groups excluding carboxylic acids is 1.